The van der Waals surface area contributed by atoms with Crippen LogP contribution in [0.15, 0.2) is 22.7 Å². The molecule has 0 saturated heterocycles. The van der Waals surface area contributed by atoms with Crippen molar-refractivity contribution in [3.8, 4) is 12.3 Å². The van der Waals surface area contributed by atoms with Crippen molar-refractivity contribution in [2.75, 3.05) is 0 Å². The predicted octanol–water partition coefficient (Wildman–Crippen LogP) is 3.20. The Balaban J connectivity index is 2.79. The summed E-state index contributed by atoms with van der Waals surface area (Å²) in [6.07, 6.45) is 5.91. The Kier molecular flexibility index (Phi) is 4.19. The van der Waals surface area contributed by atoms with Crippen LogP contribution >= 0.6 is 15.9 Å². The summed E-state index contributed by atoms with van der Waals surface area (Å²) in [6.45, 7) is 2.00. The highest BCUT2D eigenvalue weighted by atomic mass is 79.9. The molecule has 0 fully saturated rings. The summed E-state index contributed by atoms with van der Waals surface area (Å²) in [4.78, 5) is 0. The average Bonchev–Trinajstić information content (AvgIpc) is 2.12. The monoisotopic (exact) mass is 252 g/mol. The zero-order chi connectivity index (χ0) is 10.6. The van der Waals surface area contributed by atoms with Crippen LogP contribution in [-0.2, 0) is 0 Å². The van der Waals surface area contributed by atoms with Gasteiger partial charge in [-0.1, -0.05) is 22.0 Å². The molecule has 0 amide bonds. The maximum Gasteiger partial charge on any atom is 0.0799 e. The van der Waals surface area contributed by atoms with Crippen LogP contribution in [0.3, 0.4) is 0 Å². The van der Waals surface area contributed by atoms with Gasteiger partial charge >= 0.3 is 0 Å². The Hall–Kier alpha value is -0.780. The van der Waals surface area contributed by atoms with Gasteiger partial charge in [0.1, 0.15) is 0 Å². The van der Waals surface area contributed by atoms with Crippen LogP contribution in [0.25, 0.3) is 0 Å². The number of aliphatic hydroxyl groups is 1. The van der Waals surface area contributed by atoms with E-state index in [4.69, 9.17) is 6.42 Å². The van der Waals surface area contributed by atoms with Crippen molar-refractivity contribution >= 4 is 15.9 Å². The zero-order valence-electron chi connectivity index (χ0n) is 8.13. The Morgan fingerprint density at radius 3 is 2.79 bits per heavy atom. The van der Waals surface area contributed by atoms with E-state index in [-0.39, 0.29) is 0 Å². The molecule has 0 aromatic heterocycles. The van der Waals surface area contributed by atoms with Crippen LogP contribution in [0.4, 0.5) is 0 Å². The Bertz CT molecular complexity index is 332. The minimum Gasteiger partial charge on any atom is -0.388 e. The van der Waals surface area contributed by atoms with Crippen LogP contribution in [0, 0.1) is 19.3 Å². The molecule has 0 bridgehead atoms. The molecule has 0 spiro atoms. The second kappa shape index (κ2) is 5.19. The molecular weight excluding hydrogens is 240 g/mol. The van der Waals surface area contributed by atoms with E-state index in [1.807, 2.05) is 25.1 Å². The van der Waals surface area contributed by atoms with Crippen molar-refractivity contribution in [3.05, 3.63) is 33.8 Å². The van der Waals surface area contributed by atoms with E-state index in [0.717, 1.165) is 15.6 Å². The van der Waals surface area contributed by atoms with E-state index in [2.05, 4.69) is 21.9 Å². The van der Waals surface area contributed by atoms with E-state index in [1.165, 1.54) is 0 Å². The molecule has 14 heavy (non-hydrogen) atoms. The molecule has 1 N–H and O–H groups in total. The third-order valence-electron chi connectivity index (χ3n) is 2.01. The van der Waals surface area contributed by atoms with Gasteiger partial charge in [-0.3, -0.25) is 0 Å². The van der Waals surface area contributed by atoms with Gasteiger partial charge in [0.2, 0.25) is 0 Å². The summed E-state index contributed by atoms with van der Waals surface area (Å²) in [5.41, 5.74) is 2.06. The molecule has 0 aliphatic rings. The first-order chi connectivity index (χ1) is 6.63. The smallest absolute Gasteiger partial charge is 0.0799 e. The molecular formula is C12H13BrO. The fourth-order valence-corrected chi connectivity index (χ4v) is 1.97. The highest BCUT2D eigenvalue weighted by molar-refractivity contribution is 9.10. The SMILES string of the molecule is C#CCCC(O)c1cc(C)cc(Br)c1. The number of hydrogen-bond donors (Lipinski definition) is 1. The minimum atomic E-state index is -0.456. The van der Waals surface area contributed by atoms with Crippen LogP contribution < -0.4 is 0 Å². The molecule has 1 atom stereocenters. The van der Waals surface area contributed by atoms with E-state index in [9.17, 15) is 5.11 Å². The van der Waals surface area contributed by atoms with Gasteiger partial charge in [0.25, 0.3) is 0 Å². The van der Waals surface area contributed by atoms with Gasteiger partial charge in [-0.25, -0.2) is 0 Å². The number of terminal acetylenes is 1. The molecule has 0 heterocycles. The van der Waals surface area contributed by atoms with Gasteiger partial charge in [0, 0.05) is 10.9 Å². The lowest BCUT2D eigenvalue weighted by Crippen LogP contribution is -1.97. The van der Waals surface area contributed by atoms with Crippen molar-refractivity contribution in [1.82, 2.24) is 0 Å². The van der Waals surface area contributed by atoms with Crippen molar-refractivity contribution in [3.63, 3.8) is 0 Å². The summed E-state index contributed by atoms with van der Waals surface area (Å²) < 4.78 is 0.993. The molecule has 1 aromatic carbocycles. The second-order valence-corrected chi connectivity index (χ2v) is 4.24. The lowest BCUT2D eigenvalue weighted by atomic mass is 10.0. The molecule has 1 nitrogen and oxygen atoms in total. The van der Waals surface area contributed by atoms with Gasteiger partial charge in [-0.05, 0) is 36.6 Å². The summed E-state index contributed by atoms with van der Waals surface area (Å²) in [6, 6.07) is 5.91. The topological polar surface area (TPSA) is 20.2 Å². The summed E-state index contributed by atoms with van der Waals surface area (Å²) >= 11 is 3.40. The van der Waals surface area contributed by atoms with Crippen LogP contribution in [0.1, 0.15) is 30.1 Å². The maximum atomic E-state index is 9.78. The first-order valence-corrected chi connectivity index (χ1v) is 5.31. The number of aliphatic hydroxyl groups excluding tert-OH is 1. The largest absolute Gasteiger partial charge is 0.388 e. The fraction of sp³-hybridized carbons (Fsp3) is 0.333. The number of rotatable bonds is 3. The van der Waals surface area contributed by atoms with E-state index >= 15 is 0 Å². The Morgan fingerprint density at radius 1 is 1.50 bits per heavy atom. The molecule has 0 aliphatic carbocycles. The molecule has 0 aliphatic heterocycles. The number of aryl methyl sites for hydroxylation is 1. The fourth-order valence-electron chi connectivity index (χ4n) is 1.34. The quantitative estimate of drug-likeness (QED) is 0.820. The van der Waals surface area contributed by atoms with Crippen LogP contribution in [-0.4, -0.2) is 5.11 Å². The Labute approximate surface area is 93.3 Å². The highest BCUT2D eigenvalue weighted by Gasteiger charge is 2.07. The number of hydrogen-bond acceptors (Lipinski definition) is 1. The number of halogens is 1. The third kappa shape index (κ3) is 3.17. The van der Waals surface area contributed by atoms with Crippen LogP contribution in [0.5, 0.6) is 0 Å². The Morgan fingerprint density at radius 2 is 2.21 bits per heavy atom. The highest BCUT2D eigenvalue weighted by Crippen LogP contribution is 2.23. The van der Waals surface area contributed by atoms with Crippen molar-refractivity contribution in [1.29, 1.82) is 0 Å². The second-order valence-electron chi connectivity index (χ2n) is 3.32. The van der Waals surface area contributed by atoms with Gasteiger partial charge in [0.05, 0.1) is 6.10 Å². The average molecular weight is 253 g/mol. The molecule has 74 valence electrons. The molecule has 1 aromatic rings. The molecule has 1 unspecified atom stereocenters. The summed E-state index contributed by atoms with van der Waals surface area (Å²) in [5.74, 6) is 2.53. The van der Waals surface area contributed by atoms with Gasteiger partial charge in [-0.2, -0.15) is 0 Å². The molecule has 2 heteroatoms. The predicted molar refractivity (Wildman–Crippen MR) is 61.9 cm³/mol. The van der Waals surface area contributed by atoms with E-state index in [0.29, 0.717) is 12.8 Å². The minimum absolute atomic E-state index is 0.456. The van der Waals surface area contributed by atoms with E-state index in [1.54, 1.807) is 0 Å². The van der Waals surface area contributed by atoms with Crippen molar-refractivity contribution in [2.24, 2.45) is 0 Å². The maximum absolute atomic E-state index is 9.78. The lowest BCUT2D eigenvalue weighted by Gasteiger charge is -2.10. The first kappa shape index (κ1) is 11.3. The summed E-state index contributed by atoms with van der Waals surface area (Å²) in [7, 11) is 0. The molecule has 0 radical (unpaired) electrons. The standard InChI is InChI=1S/C12H13BrO/c1-3-4-5-12(14)10-6-9(2)7-11(13)8-10/h1,6-8,12,14H,4-5H2,2H3. The van der Waals surface area contributed by atoms with Gasteiger partial charge in [0.15, 0.2) is 0 Å². The van der Waals surface area contributed by atoms with Crippen molar-refractivity contribution < 1.29 is 5.11 Å². The normalized spacial score (nSPS) is 12.1. The zero-order valence-corrected chi connectivity index (χ0v) is 9.71. The number of benzene rings is 1. The van der Waals surface area contributed by atoms with Gasteiger partial charge < -0.3 is 5.11 Å². The molecule has 1 rings (SSSR count). The van der Waals surface area contributed by atoms with Gasteiger partial charge in [-0.15, -0.1) is 12.3 Å². The van der Waals surface area contributed by atoms with Crippen LogP contribution in [0.2, 0.25) is 0 Å². The molecule has 0 saturated carbocycles. The summed E-state index contributed by atoms with van der Waals surface area (Å²) in [5, 5.41) is 9.78. The lowest BCUT2D eigenvalue weighted by molar-refractivity contribution is 0.169. The third-order valence-corrected chi connectivity index (χ3v) is 2.47. The van der Waals surface area contributed by atoms with Crippen molar-refractivity contribution in [2.45, 2.75) is 25.9 Å². The first-order valence-electron chi connectivity index (χ1n) is 4.52. The van der Waals surface area contributed by atoms with E-state index < -0.39 is 6.10 Å².